The Hall–Kier alpha value is -6.42. The molecule has 2 amide bonds. The molecule has 11 atom stereocenters. The fourth-order valence-electron chi connectivity index (χ4n) is 8.51. The molecule has 2 aromatic carbocycles. The van der Waals surface area contributed by atoms with E-state index in [0.717, 1.165) is 16.7 Å². The Bertz CT molecular complexity index is 2480. The van der Waals surface area contributed by atoms with Crippen LogP contribution in [0.4, 0.5) is 0 Å². The zero-order chi connectivity index (χ0) is 53.5. The Balaban J connectivity index is 1.12. The normalized spacial score (nSPS) is 25.1. The second-order valence-electron chi connectivity index (χ2n) is 19.0. The van der Waals surface area contributed by atoms with Gasteiger partial charge in [0.15, 0.2) is 46.5 Å². The van der Waals surface area contributed by atoms with E-state index in [-0.39, 0.29) is 67.8 Å². The summed E-state index contributed by atoms with van der Waals surface area (Å²) in [5, 5.41) is 26.3. The van der Waals surface area contributed by atoms with Crippen LogP contribution in [-0.4, -0.2) is 145 Å². The van der Waals surface area contributed by atoms with Gasteiger partial charge in [0.2, 0.25) is 0 Å². The van der Waals surface area contributed by atoms with Crippen molar-refractivity contribution in [3.05, 3.63) is 107 Å². The van der Waals surface area contributed by atoms with Crippen molar-refractivity contribution < 1.29 is 76.8 Å². The smallest absolute Gasteiger partial charge is 0.331 e. The van der Waals surface area contributed by atoms with Crippen LogP contribution in [0.2, 0.25) is 0 Å². The van der Waals surface area contributed by atoms with Crippen LogP contribution in [0.1, 0.15) is 86.1 Å². The number of hydrogen-bond acceptors (Lipinski definition) is 18. The molecule has 2 aromatic heterocycles. The number of hydrogen-bond donors (Lipinski definition) is 4. The van der Waals surface area contributed by atoms with E-state index in [4.69, 9.17) is 47.4 Å². The molecule has 2 saturated heterocycles. The molecule has 4 aromatic rings. The Morgan fingerprint density at radius 2 is 1.05 bits per heavy atom. The summed E-state index contributed by atoms with van der Waals surface area (Å²) >= 11 is 0. The van der Waals surface area contributed by atoms with Gasteiger partial charge in [-0.25, -0.2) is 19.6 Å². The van der Waals surface area contributed by atoms with E-state index in [9.17, 15) is 29.4 Å². The van der Waals surface area contributed by atoms with Crippen LogP contribution in [0.3, 0.4) is 0 Å². The van der Waals surface area contributed by atoms with Crippen molar-refractivity contribution in [2.24, 2.45) is 11.8 Å². The van der Waals surface area contributed by atoms with Gasteiger partial charge in [0.25, 0.3) is 11.8 Å². The first-order valence-corrected chi connectivity index (χ1v) is 24.8. The van der Waals surface area contributed by atoms with Crippen LogP contribution in [0.25, 0.3) is 0 Å². The number of nitrogens with one attached hydrogen (secondary N) is 2. The minimum atomic E-state index is -1.27. The second-order valence-corrected chi connectivity index (χ2v) is 19.0. The molecule has 0 spiro atoms. The highest BCUT2D eigenvalue weighted by Crippen LogP contribution is 2.30. The molecule has 20 heteroatoms. The number of nitrogens with zero attached hydrogens (tertiary/aromatic N) is 2. The minimum absolute atomic E-state index is 0.0371. The number of pyridine rings is 2. The van der Waals surface area contributed by atoms with E-state index >= 15 is 0 Å². The van der Waals surface area contributed by atoms with E-state index < -0.39 is 96.2 Å². The highest BCUT2D eigenvalue weighted by atomic mass is 16.6. The number of methoxy groups -OCH3 is 2. The van der Waals surface area contributed by atoms with Crippen molar-refractivity contribution in [2.75, 3.05) is 40.6 Å². The highest BCUT2D eigenvalue weighted by molar-refractivity contribution is 5.98. The maximum Gasteiger partial charge on any atom is 0.331 e. The zero-order valence-corrected chi connectivity index (χ0v) is 43.4. The van der Waals surface area contributed by atoms with Gasteiger partial charge >= 0.3 is 11.9 Å². The summed E-state index contributed by atoms with van der Waals surface area (Å²) in [6, 6.07) is 17.8. The third-order valence-corrected chi connectivity index (χ3v) is 12.5. The van der Waals surface area contributed by atoms with Crippen LogP contribution >= 0.6 is 0 Å². The van der Waals surface area contributed by atoms with Gasteiger partial charge in [-0.3, -0.25) is 9.59 Å². The number of aromatic nitrogens is 2. The Morgan fingerprint density at radius 3 is 1.57 bits per heavy atom. The highest BCUT2D eigenvalue weighted by Gasteiger charge is 2.42. The average Bonchev–Trinajstić information content (AvgIpc) is 3.44. The molecule has 0 saturated carbocycles. The topological polar surface area (TPSA) is 251 Å². The first-order chi connectivity index (χ1) is 35.5. The summed E-state index contributed by atoms with van der Waals surface area (Å²) in [7, 11) is 2.69. The molecule has 2 aliphatic heterocycles. The van der Waals surface area contributed by atoms with Gasteiger partial charge < -0.3 is 68.2 Å². The van der Waals surface area contributed by atoms with Crippen molar-refractivity contribution in [3.63, 3.8) is 0 Å². The summed E-state index contributed by atoms with van der Waals surface area (Å²) in [6.45, 7) is 13.6. The molecule has 402 valence electrons. The number of ether oxygens (including phenoxy) is 10. The molecular weight excluding hydrogens is 961 g/mol. The lowest BCUT2D eigenvalue weighted by atomic mass is 9.99. The van der Waals surface area contributed by atoms with Gasteiger partial charge in [-0.05, 0) is 62.6 Å². The van der Waals surface area contributed by atoms with Gasteiger partial charge in [-0.1, -0.05) is 75.4 Å². The SMILES string of the molecule is COc1ccnc(C(=O)NC2COC(C)C(OCc3cccc(CC(C)COC4C(C)OC(=O)C(NC(=O)c5nccc(OC)c5O)COC(C)C4OCC(C)C)c3)C(OCc3ccccc3)C(C)OC2=O)c1O. The molecular formula is C54H70N4O16. The maximum absolute atomic E-state index is 13.7. The second kappa shape index (κ2) is 27.2. The van der Waals surface area contributed by atoms with Gasteiger partial charge in [0.1, 0.15) is 36.6 Å². The van der Waals surface area contributed by atoms with Crippen molar-refractivity contribution in [1.82, 2.24) is 20.6 Å². The molecule has 11 unspecified atom stereocenters. The standard InChI is InChI=1S/C54H70N4O16/c1-30(2)24-69-47-32(4)67-28-39(57-51(61)43-45(59)41(65-8)18-20-55-43)53(63)73-34(6)49(47)70-25-31(3)22-37-16-13-17-38(23-37)27-72-48-33(5)68-29-40(58-52(62)44-46(60)42(66-9)19-21-56-44)54(64)74-35(7)50(48)71-26-36-14-11-10-12-15-36/h10-21,23,30-35,39-40,47-50,59-60H,22,24-29H2,1-9H3,(H,57,61)(H,58,62). The van der Waals surface area contributed by atoms with Crippen LogP contribution in [0.15, 0.2) is 79.1 Å². The lowest BCUT2D eigenvalue weighted by Crippen LogP contribution is -2.48. The zero-order valence-electron chi connectivity index (χ0n) is 43.4. The van der Waals surface area contributed by atoms with Gasteiger partial charge in [0.05, 0.1) is 59.5 Å². The van der Waals surface area contributed by atoms with E-state index in [1.807, 2.05) is 82.3 Å². The van der Waals surface area contributed by atoms with E-state index in [1.165, 1.54) is 38.7 Å². The van der Waals surface area contributed by atoms with Crippen LogP contribution < -0.4 is 20.1 Å². The molecule has 0 aliphatic carbocycles. The number of amides is 2. The largest absolute Gasteiger partial charge is 0.503 e. The summed E-state index contributed by atoms with van der Waals surface area (Å²) in [4.78, 5) is 61.8. The number of carbonyl (C=O) groups excluding carboxylic acids is 4. The van der Waals surface area contributed by atoms with E-state index in [2.05, 4.69) is 20.6 Å². The molecule has 6 rings (SSSR count). The number of aromatic hydroxyl groups is 2. The third kappa shape index (κ3) is 15.3. The van der Waals surface area contributed by atoms with Gasteiger partial charge in [-0.2, -0.15) is 0 Å². The van der Waals surface area contributed by atoms with E-state index in [1.54, 1.807) is 20.8 Å². The van der Waals surface area contributed by atoms with Gasteiger partial charge in [-0.15, -0.1) is 0 Å². The van der Waals surface area contributed by atoms with Crippen LogP contribution in [-0.2, 0) is 67.1 Å². The molecule has 2 fully saturated rings. The van der Waals surface area contributed by atoms with Gasteiger partial charge in [0, 0.05) is 31.1 Å². The third-order valence-electron chi connectivity index (χ3n) is 12.5. The first kappa shape index (κ1) is 56.9. The fourth-order valence-corrected chi connectivity index (χ4v) is 8.51. The molecule has 4 heterocycles. The molecule has 74 heavy (non-hydrogen) atoms. The van der Waals surface area contributed by atoms with E-state index in [0.29, 0.717) is 13.0 Å². The number of rotatable bonds is 20. The summed E-state index contributed by atoms with van der Waals surface area (Å²) in [5.74, 6) is -3.92. The predicted molar refractivity (Wildman–Crippen MR) is 267 cm³/mol. The maximum atomic E-state index is 13.7. The summed E-state index contributed by atoms with van der Waals surface area (Å²) in [5.41, 5.74) is 2.09. The fraction of sp³-hybridized carbons (Fsp3) is 0.519. The molecule has 0 bridgehead atoms. The van der Waals surface area contributed by atoms with Crippen molar-refractivity contribution >= 4 is 23.8 Å². The number of carbonyl (C=O) groups is 4. The Labute approximate surface area is 431 Å². The molecule has 20 nitrogen and oxygen atoms in total. The van der Waals surface area contributed by atoms with Crippen LogP contribution in [0.5, 0.6) is 23.0 Å². The lowest BCUT2D eigenvalue weighted by molar-refractivity contribution is -0.178. The Morgan fingerprint density at radius 1 is 0.608 bits per heavy atom. The molecule has 0 radical (unpaired) electrons. The van der Waals surface area contributed by atoms with Crippen molar-refractivity contribution in [1.29, 1.82) is 0 Å². The molecule has 4 N–H and O–H groups in total. The predicted octanol–water partition coefficient (Wildman–Crippen LogP) is 5.28. The average molecular weight is 1030 g/mol. The van der Waals surface area contributed by atoms with Crippen molar-refractivity contribution in [2.45, 2.75) is 129 Å². The quantitative estimate of drug-likeness (QED) is 0.0822. The number of esters is 2. The van der Waals surface area contributed by atoms with Crippen LogP contribution in [0, 0.1) is 11.8 Å². The lowest BCUT2D eigenvalue weighted by Gasteiger charge is -2.34. The summed E-state index contributed by atoms with van der Waals surface area (Å²) in [6.07, 6.45) is -2.75. The number of cyclic esters (lactones) is 2. The van der Waals surface area contributed by atoms with Crippen molar-refractivity contribution in [3.8, 4) is 23.0 Å². The number of benzene rings is 2. The minimum Gasteiger partial charge on any atom is -0.503 e. The Kier molecular flexibility index (Phi) is 20.9. The monoisotopic (exact) mass is 1030 g/mol. The summed E-state index contributed by atoms with van der Waals surface area (Å²) < 4.78 is 60.7. The molecule has 2 aliphatic rings. The first-order valence-electron chi connectivity index (χ1n) is 24.8.